The van der Waals surface area contributed by atoms with Gasteiger partial charge in [0.2, 0.25) is 0 Å². The molecule has 0 aliphatic heterocycles. The van der Waals surface area contributed by atoms with Crippen LogP contribution in [0.5, 0.6) is 0 Å². The Bertz CT molecular complexity index is 517. The summed E-state index contributed by atoms with van der Waals surface area (Å²) < 4.78 is 1.65. The van der Waals surface area contributed by atoms with E-state index in [0.717, 1.165) is 17.7 Å². The molecule has 0 N–H and O–H groups in total. The highest BCUT2D eigenvalue weighted by atomic mass is 16.1. The lowest BCUT2D eigenvalue weighted by Gasteiger charge is -2.00. The molecule has 4 nitrogen and oxygen atoms in total. The van der Waals surface area contributed by atoms with Gasteiger partial charge in [0.15, 0.2) is 5.78 Å². The molecule has 0 bridgehead atoms. The second-order valence-electron chi connectivity index (χ2n) is 3.96. The fraction of sp³-hybridized carbons (Fsp3) is 0.308. The zero-order valence-electron chi connectivity index (χ0n) is 10.1. The maximum atomic E-state index is 12.1. The minimum Gasteiger partial charge on any atom is -0.292 e. The number of hydrogen-bond donors (Lipinski definition) is 0. The molecule has 0 unspecified atom stereocenters. The molecule has 0 spiro atoms. The lowest BCUT2D eigenvalue weighted by atomic mass is 10.1. The maximum Gasteiger partial charge on any atom is 0.185 e. The monoisotopic (exact) mass is 229 g/mol. The van der Waals surface area contributed by atoms with Crippen LogP contribution in [0.4, 0.5) is 0 Å². The van der Waals surface area contributed by atoms with Gasteiger partial charge in [0.25, 0.3) is 0 Å². The first kappa shape index (κ1) is 11.5. The molecule has 0 aliphatic rings. The van der Waals surface area contributed by atoms with E-state index in [-0.39, 0.29) is 5.78 Å². The van der Waals surface area contributed by atoms with Crippen molar-refractivity contribution in [1.29, 1.82) is 0 Å². The van der Waals surface area contributed by atoms with E-state index in [1.165, 1.54) is 0 Å². The highest BCUT2D eigenvalue weighted by Crippen LogP contribution is 2.08. The molecule has 0 aromatic carbocycles. The summed E-state index contributed by atoms with van der Waals surface area (Å²) in [4.78, 5) is 16.1. The van der Waals surface area contributed by atoms with Crippen LogP contribution in [-0.4, -0.2) is 20.5 Å². The number of aromatic nitrogens is 3. The van der Waals surface area contributed by atoms with Crippen LogP contribution in [0.15, 0.2) is 30.6 Å². The summed E-state index contributed by atoms with van der Waals surface area (Å²) in [5, 5.41) is 4.27. The van der Waals surface area contributed by atoms with E-state index in [1.54, 1.807) is 24.1 Å². The van der Waals surface area contributed by atoms with Crippen LogP contribution in [0, 0.1) is 0 Å². The third kappa shape index (κ3) is 2.58. The number of hydrogen-bond acceptors (Lipinski definition) is 3. The third-order valence-corrected chi connectivity index (χ3v) is 2.67. The van der Waals surface area contributed by atoms with Gasteiger partial charge >= 0.3 is 0 Å². The molecule has 4 heteroatoms. The third-order valence-electron chi connectivity index (χ3n) is 2.67. The van der Waals surface area contributed by atoms with Crippen molar-refractivity contribution >= 4 is 5.78 Å². The first-order chi connectivity index (χ1) is 8.20. The van der Waals surface area contributed by atoms with E-state index in [1.807, 2.05) is 25.1 Å². The molecule has 0 fully saturated rings. The molecule has 0 atom stereocenters. The molecule has 2 heterocycles. The van der Waals surface area contributed by atoms with E-state index in [9.17, 15) is 4.79 Å². The molecule has 17 heavy (non-hydrogen) atoms. The number of rotatable bonds is 4. The summed E-state index contributed by atoms with van der Waals surface area (Å²) >= 11 is 0. The standard InChI is InChI=1S/C13H15N3O/c1-3-11-8-12(16(2)15-11)13(17)7-10-5-4-6-14-9-10/h4-6,8-9H,3,7H2,1-2H3. The Balaban J connectivity index is 2.17. The summed E-state index contributed by atoms with van der Waals surface area (Å²) in [5.74, 6) is 0.0766. The van der Waals surface area contributed by atoms with Gasteiger partial charge in [-0.15, -0.1) is 0 Å². The fourth-order valence-electron chi connectivity index (χ4n) is 1.74. The SMILES string of the molecule is CCc1cc(C(=O)Cc2cccnc2)n(C)n1. The van der Waals surface area contributed by atoms with Crippen molar-refractivity contribution in [1.82, 2.24) is 14.8 Å². The molecule has 0 radical (unpaired) electrons. The Hall–Kier alpha value is -1.97. The highest BCUT2D eigenvalue weighted by molar-refractivity contribution is 5.96. The summed E-state index contributed by atoms with van der Waals surface area (Å²) in [7, 11) is 1.80. The fourth-order valence-corrected chi connectivity index (χ4v) is 1.74. The molecule has 0 amide bonds. The largest absolute Gasteiger partial charge is 0.292 e. The van der Waals surface area contributed by atoms with Crippen LogP contribution in [0.3, 0.4) is 0 Å². The first-order valence-electron chi connectivity index (χ1n) is 5.65. The minimum atomic E-state index is 0.0766. The number of Topliss-reactive ketones (excluding diaryl/α,β-unsaturated/α-hetero) is 1. The summed E-state index contributed by atoms with van der Waals surface area (Å²) in [5.41, 5.74) is 2.53. The van der Waals surface area contributed by atoms with Crippen LogP contribution >= 0.6 is 0 Å². The number of pyridine rings is 1. The summed E-state index contributed by atoms with van der Waals surface area (Å²) in [6.45, 7) is 2.03. The molecule has 2 aromatic rings. The van der Waals surface area contributed by atoms with Crippen LogP contribution in [-0.2, 0) is 19.9 Å². The Kier molecular flexibility index (Phi) is 3.32. The number of carbonyl (C=O) groups excluding carboxylic acids is 1. The average molecular weight is 229 g/mol. The Morgan fingerprint density at radius 3 is 2.88 bits per heavy atom. The van der Waals surface area contributed by atoms with Crippen LogP contribution in [0.2, 0.25) is 0 Å². The highest BCUT2D eigenvalue weighted by Gasteiger charge is 2.13. The normalized spacial score (nSPS) is 10.5. The van der Waals surface area contributed by atoms with Gasteiger partial charge < -0.3 is 0 Å². The van der Waals surface area contributed by atoms with E-state index >= 15 is 0 Å². The minimum absolute atomic E-state index is 0.0766. The lowest BCUT2D eigenvalue weighted by Crippen LogP contribution is -2.09. The van der Waals surface area contributed by atoms with Crippen LogP contribution < -0.4 is 0 Å². The van der Waals surface area contributed by atoms with Crippen molar-refractivity contribution in [3.05, 3.63) is 47.5 Å². The van der Waals surface area contributed by atoms with Gasteiger partial charge in [-0.25, -0.2) is 0 Å². The van der Waals surface area contributed by atoms with Crippen molar-refractivity contribution in [2.24, 2.45) is 7.05 Å². The molecular formula is C13H15N3O. The quantitative estimate of drug-likeness (QED) is 0.751. The van der Waals surface area contributed by atoms with Gasteiger partial charge in [0.05, 0.1) is 5.69 Å². The Morgan fingerprint density at radius 1 is 1.47 bits per heavy atom. The van der Waals surface area contributed by atoms with Crippen molar-refractivity contribution in [2.45, 2.75) is 19.8 Å². The molecule has 88 valence electrons. The van der Waals surface area contributed by atoms with E-state index in [2.05, 4.69) is 10.1 Å². The molecular weight excluding hydrogens is 214 g/mol. The van der Waals surface area contributed by atoms with Crippen molar-refractivity contribution in [3.63, 3.8) is 0 Å². The van der Waals surface area contributed by atoms with Gasteiger partial charge in [-0.1, -0.05) is 13.0 Å². The number of carbonyl (C=O) groups is 1. The predicted octanol–water partition coefficient (Wildman–Crippen LogP) is 1.80. The van der Waals surface area contributed by atoms with Crippen molar-refractivity contribution in [2.75, 3.05) is 0 Å². The van der Waals surface area contributed by atoms with E-state index < -0.39 is 0 Å². The Labute approximate surface area is 100 Å². The summed E-state index contributed by atoms with van der Waals surface area (Å²) in [6, 6.07) is 5.60. The second-order valence-corrected chi connectivity index (χ2v) is 3.96. The molecule has 0 saturated carbocycles. The van der Waals surface area contributed by atoms with E-state index in [0.29, 0.717) is 12.1 Å². The molecule has 2 rings (SSSR count). The van der Waals surface area contributed by atoms with Gasteiger partial charge in [-0.05, 0) is 24.1 Å². The van der Waals surface area contributed by atoms with Crippen molar-refractivity contribution < 1.29 is 4.79 Å². The number of ketones is 1. The topological polar surface area (TPSA) is 47.8 Å². The summed E-state index contributed by atoms with van der Waals surface area (Å²) in [6.07, 6.45) is 4.63. The zero-order chi connectivity index (χ0) is 12.3. The Morgan fingerprint density at radius 2 is 2.29 bits per heavy atom. The maximum absolute atomic E-state index is 12.1. The van der Waals surface area contributed by atoms with E-state index in [4.69, 9.17) is 0 Å². The zero-order valence-corrected chi connectivity index (χ0v) is 10.1. The predicted molar refractivity (Wildman–Crippen MR) is 64.9 cm³/mol. The average Bonchev–Trinajstić information content (AvgIpc) is 2.72. The smallest absolute Gasteiger partial charge is 0.185 e. The van der Waals surface area contributed by atoms with Crippen LogP contribution in [0.25, 0.3) is 0 Å². The lowest BCUT2D eigenvalue weighted by molar-refractivity contribution is 0.0984. The molecule has 0 aliphatic carbocycles. The van der Waals surface area contributed by atoms with Gasteiger partial charge in [0.1, 0.15) is 5.69 Å². The second kappa shape index (κ2) is 4.91. The van der Waals surface area contributed by atoms with Crippen LogP contribution in [0.1, 0.15) is 28.7 Å². The number of nitrogens with zero attached hydrogens (tertiary/aromatic N) is 3. The van der Waals surface area contributed by atoms with Crippen molar-refractivity contribution in [3.8, 4) is 0 Å². The first-order valence-corrected chi connectivity index (χ1v) is 5.65. The van der Waals surface area contributed by atoms with Gasteiger partial charge in [-0.2, -0.15) is 5.10 Å². The van der Waals surface area contributed by atoms with Gasteiger partial charge in [0, 0.05) is 25.9 Å². The molecule has 0 saturated heterocycles. The molecule has 2 aromatic heterocycles. The van der Waals surface area contributed by atoms with Gasteiger partial charge in [-0.3, -0.25) is 14.5 Å². The number of aryl methyl sites for hydroxylation is 2.